The molecule has 11 heteroatoms. The Balaban J connectivity index is 2.18. The van der Waals surface area contributed by atoms with Gasteiger partial charge in [0.1, 0.15) is 0 Å². The van der Waals surface area contributed by atoms with E-state index in [2.05, 4.69) is 24.7 Å². The minimum Gasteiger partial charge on any atom is -0.467 e. The summed E-state index contributed by atoms with van der Waals surface area (Å²) in [4.78, 5) is 17.9. The number of sulfonamides is 1. The van der Waals surface area contributed by atoms with Gasteiger partial charge >= 0.3 is 6.01 Å². The zero-order valence-electron chi connectivity index (χ0n) is 14.3. The number of anilines is 1. The number of hydrogen-bond donors (Lipinski definition) is 1. The van der Waals surface area contributed by atoms with E-state index in [1.165, 1.54) is 19.6 Å². The fourth-order valence-corrected chi connectivity index (χ4v) is 2.64. The van der Waals surface area contributed by atoms with Crippen LogP contribution in [0.5, 0.6) is 6.01 Å². The van der Waals surface area contributed by atoms with Crippen molar-refractivity contribution in [3.8, 4) is 6.01 Å². The van der Waals surface area contributed by atoms with E-state index < -0.39 is 10.0 Å². The third-order valence-corrected chi connectivity index (χ3v) is 4.39. The molecule has 0 aliphatic carbocycles. The largest absolute Gasteiger partial charge is 0.467 e. The van der Waals surface area contributed by atoms with Crippen LogP contribution in [-0.2, 0) is 16.6 Å². The molecule has 0 aliphatic heterocycles. The lowest BCUT2D eigenvalue weighted by atomic mass is 10.4. The maximum Gasteiger partial charge on any atom is 0.321 e. The maximum atomic E-state index is 12.3. The van der Waals surface area contributed by atoms with Gasteiger partial charge in [-0.2, -0.15) is 15.0 Å². The molecule has 0 radical (unpaired) electrons. The van der Waals surface area contributed by atoms with Crippen LogP contribution in [0.4, 0.5) is 5.95 Å². The highest BCUT2D eigenvalue weighted by Gasteiger charge is 2.19. The average molecular weight is 355 g/mol. The van der Waals surface area contributed by atoms with Crippen molar-refractivity contribution >= 4 is 16.0 Å². The third kappa shape index (κ3) is 4.17. The van der Waals surface area contributed by atoms with Gasteiger partial charge in [-0.05, 0) is 13.8 Å². The molecule has 24 heavy (non-hydrogen) atoms. The van der Waals surface area contributed by atoms with Crippen LogP contribution in [-0.4, -0.2) is 54.1 Å². The van der Waals surface area contributed by atoms with Gasteiger partial charge in [0.15, 0.2) is 10.9 Å². The second kappa shape index (κ2) is 7.09. The van der Waals surface area contributed by atoms with E-state index >= 15 is 0 Å². The summed E-state index contributed by atoms with van der Waals surface area (Å²) in [5.74, 6) is 0.623. The van der Waals surface area contributed by atoms with Crippen molar-refractivity contribution in [3.63, 3.8) is 0 Å². The lowest BCUT2D eigenvalue weighted by Gasteiger charge is -2.12. The monoisotopic (exact) mass is 355 g/mol. The molecule has 0 atom stereocenters. The van der Waals surface area contributed by atoms with E-state index in [1.54, 1.807) is 23.6 Å². The van der Waals surface area contributed by atoms with Gasteiger partial charge in [-0.25, -0.2) is 18.1 Å². The molecule has 10 nitrogen and oxygen atoms in total. The molecule has 2 rings (SSSR count). The lowest BCUT2D eigenvalue weighted by Crippen LogP contribution is -2.25. The predicted molar refractivity (Wildman–Crippen MR) is 87.3 cm³/mol. The smallest absolute Gasteiger partial charge is 0.321 e. The first-order valence-electron chi connectivity index (χ1n) is 7.22. The molecular weight excluding hydrogens is 334 g/mol. The highest BCUT2D eigenvalue weighted by Crippen LogP contribution is 2.12. The summed E-state index contributed by atoms with van der Waals surface area (Å²) >= 11 is 0. The van der Waals surface area contributed by atoms with Gasteiger partial charge in [0, 0.05) is 26.3 Å². The van der Waals surface area contributed by atoms with Crippen LogP contribution in [0.25, 0.3) is 0 Å². The van der Waals surface area contributed by atoms with Crippen molar-refractivity contribution in [2.75, 3.05) is 26.1 Å². The summed E-state index contributed by atoms with van der Waals surface area (Å²) in [6.07, 6.45) is 2.96. The first-order valence-corrected chi connectivity index (χ1v) is 8.70. The molecular formula is C13H21N7O3S. The van der Waals surface area contributed by atoms with Crippen LogP contribution < -0.4 is 14.4 Å². The average Bonchev–Trinajstić information content (AvgIpc) is 3.04. The van der Waals surface area contributed by atoms with E-state index in [4.69, 9.17) is 4.74 Å². The van der Waals surface area contributed by atoms with Crippen LogP contribution in [0.15, 0.2) is 17.6 Å². The Morgan fingerprint density at radius 1 is 1.29 bits per heavy atom. The molecule has 2 aromatic rings. The molecule has 0 unspecified atom stereocenters. The number of rotatable bonds is 7. The quantitative estimate of drug-likeness (QED) is 0.749. The van der Waals surface area contributed by atoms with E-state index in [-0.39, 0.29) is 29.4 Å². The minimum atomic E-state index is -3.76. The van der Waals surface area contributed by atoms with Gasteiger partial charge in [0.25, 0.3) is 10.0 Å². The van der Waals surface area contributed by atoms with Gasteiger partial charge in [0.2, 0.25) is 5.95 Å². The van der Waals surface area contributed by atoms with E-state index in [9.17, 15) is 8.42 Å². The topological polar surface area (TPSA) is 115 Å². The van der Waals surface area contributed by atoms with E-state index in [0.29, 0.717) is 5.95 Å². The van der Waals surface area contributed by atoms with Gasteiger partial charge in [-0.1, -0.05) is 0 Å². The van der Waals surface area contributed by atoms with Crippen molar-refractivity contribution in [1.82, 2.24) is 29.2 Å². The predicted octanol–water partition coefficient (Wildman–Crippen LogP) is 0.202. The zero-order chi connectivity index (χ0) is 17.9. The second-order valence-electron chi connectivity index (χ2n) is 5.51. The number of aromatic nitrogens is 5. The van der Waals surface area contributed by atoms with E-state index in [0.717, 1.165) is 0 Å². The third-order valence-electron chi connectivity index (χ3n) is 3.10. The molecule has 0 aromatic carbocycles. The SMILES string of the molecule is COc1nc(CNS(=O)(=O)c2cn(C(C)C)cn2)nc(N(C)C)n1. The first-order chi connectivity index (χ1) is 11.2. The molecule has 0 bridgehead atoms. The van der Waals surface area contributed by atoms with E-state index in [1.807, 2.05) is 13.8 Å². The fraction of sp³-hybridized carbons (Fsp3) is 0.538. The Bertz CT molecular complexity index is 802. The van der Waals surface area contributed by atoms with Crippen molar-refractivity contribution < 1.29 is 13.2 Å². The molecule has 0 saturated carbocycles. The molecule has 132 valence electrons. The highest BCUT2D eigenvalue weighted by atomic mass is 32.2. The van der Waals surface area contributed by atoms with Gasteiger partial charge in [-0.15, -0.1) is 0 Å². The molecule has 2 aromatic heterocycles. The number of ether oxygens (including phenoxy) is 1. The summed E-state index contributed by atoms with van der Waals surface area (Å²) in [7, 11) is 1.20. The summed E-state index contributed by atoms with van der Waals surface area (Å²) in [5.41, 5.74) is 0. The number of nitrogens with zero attached hydrogens (tertiary/aromatic N) is 6. The van der Waals surface area contributed by atoms with Crippen LogP contribution in [0.1, 0.15) is 25.7 Å². The Hall–Kier alpha value is -2.27. The Kier molecular flexibility index (Phi) is 5.34. The number of nitrogens with one attached hydrogen (secondary N) is 1. The van der Waals surface area contributed by atoms with Gasteiger partial charge < -0.3 is 14.2 Å². The molecule has 0 amide bonds. The number of hydrogen-bond acceptors (Lipinski definition) is 8. The minimum absolute atomic E-state index is 0.0509. The van der Waals surface area contributed by atoms with Gasteiger partial charge in [0.05, 0.1) is 20.0 Å². The second-order valence-corrected chi connectivity index (χ2v) is 7.22. The van der Waals surface area contributed by atoms with Crippen molar-refractivity contribution in [2.24, 2.45) is 0 Å². The number of imidazole rings is 1. The molecule has 0 spiro atoms. The molecule has 0 aliphatic rings. The molecule has 2 heterocycles. The summed E-state index contributed by atoms with van der Waals surface area (Å²) in [6, 6.07) is 0.240. The van der Waals surface area contributed by atoms with Crippen molar-refractivity contribution in [3.05, 3.63) is 18.3 Å². The highest BCUT2D eigenvalue weighted by molar-refractivity contribution is 7.89. The van der Waals surface area contributed by atoms with Crippen LogP contribution in [0.2, 0.25) is 0 Å². The standard InChI is InChI=1S/C13H21N7O3S/c1-9(2)20-7-11(14-8-20)24(21,22)15-6-10-16-12(19(3)4)18-13(17-10)23-5/h7-9,15H,6H2,1-5H3. The van der Waals surface area contributed by atoms with Crippen molar-refractivity contribution in [1.29, 1.82) is 0 Å². The molecule has 0 saturated heterocycles. The Morgan fingerprint density at radius 2 is 2.00 bits per heavy atom. The lowest BCUT2D eigenvalue weighted by molar-refractivity contribution is 0.375. The Morgan fingerprint density at radius 3 is 2.54 bits per heavy atom. The Labute approximate surface area is 141 Å². The normalized spacial score (nSPS) is 11.8. The fourth-order valence-electron chi connectivity index (χ4n) is 1.73. The van der Waals surface area contributed by atoms with Crippen LogP contribution in [0, 0.1) is 0 Å². The molecule has 0 fully saturated rings. The maximum absolute atomic E-state index is 12.3. The van der Waals surface area contributed by atoms with Crippen molar-refractivity contribution in [2.45, 2.75) is 31.5 Å². The van der Waals surface area contributed by atoms with Crippen LogP contribution >= 0.6 is 0 Å². The summed E-state index contributed by atoms with van der Waals surface area (Å²) < 4.78 is 33.8. The van der Waals surface area contributed by atoms with Crippen LogP contribution in [0.3, 0.4) is 0 Å². The summed E-state index contributed by atoms with van der Waals surface area (Å²) in [5, 5.41) is -0.0509. The number of methoxy groups -OCH3 is 1. The summed E-state index contributed by atoms with van der Waals surface area (Å²) in [6.45, 7) is 3.77. The van der Waals surface area contributed by atoms with Gasteiger partial charge in [-0.3, -0.25) is 0 Å². The zero-order valence-corrected chi connectivity index (χ0v) is 15.1. The first kappa shape index (κ1) is 18.1. The molecule has 1 N–H and O–H groups in total.